The Morgan fingerprint density at radius 1 is 1.31 bits per heavy atom. The molecule has 0 atom stereocenters. The zero-order chi connectivity index (χ0) is 9.52. The van der Waals surface area contributed by atoms with Crippen molar-refractivity contribution in [3.05, 3.63) is 41.3 Å². The molecular formula is C11H14N2. The first-order valence-electron chi connectivity index (χ1n) is 4.60. The van der Waals surface area contributed by atoms with Crippen LogP contribution in [0.5, 0.6) is 0 Å². The van der Waals surface area contributed by atoms with Gasteiger partial charge in [-0.3, -0.25) is 9.98 Å². The Labute approximate surface area is 78.4 Å². The highest BCUT2D eigenvalue weighted by atomic mass is 14.7. The monoisotopic (exact) mass is 174 g/mol. The fourth-order valence-corrected chi connectivity index (χ4v) is 1.07. The number of hydrogen-bond acceptors (Lipinski definition) is 2. The number of fused-ring (bicyclic) bond motifs is 1. The minimum Gasteiger partial charge on any atom is -0.262 e. The van der Waals surface area contributed by atoms with Crippen molar-refractivity contribution >= 4 is 6.08 Å². The minimum absolute atomic E-state index is 0.959. The van der Waals surface area contributed by atoms with Gasteiger partial charge in [0.05, 0.1) is 11.6 Å². The van der Waals surface area contributed by atoms with E-state index in [9.17, 15) is 0 Å². The smallest absolute Gasteiger partial charge is 0.0881 e. The predicted molar refractivity (Wildman–Crippen MR) is 54.6 cm³/mol. The molecule has 0 N–H and O–H groups in total. The molecule has 2 heterocycles. The summed E-state index contributed by atoms with van der Waals surface area (Å²) in [6.07, 6.45) is 10.5. The highest BCUT2D eigenvalue weighted by Crippen LogP contribution is 1.86. The third-order valence-corrected chi connectivity index (χ3v) is 1.63. The summed E-state index contributed by atoms with van der Waals surface area (Å²) >= 11 is 0. The lowest BCUT2D eigenvalue weighted by molar-refractivity contribution is 1.20. The normalized spacial score (nSPS) is 12.5. The Morgan fingerprint density at radius 3 is 3.00 bits per heavy atom. The molecule has 0 spiro atoms. The molecule has 0 bridgehead atoms. The van der Waals surface area contributed by atoms with Crippen LogP contribution in [0, 0.1) is 0 Å². The van der Waals surface area contributed by atoms with Crippen molar-refractivity contribution in [1.29, 1.82) is 0 Å². The number of rotatable bonds is 0. The van der Waals surface area contributed by atoms with Crippen molar-refractivity contribution in [3.8, 4) is 0 Å². The average Bonchev–Trinajstić information content (AvgIpc) is 2.45. The van der Waals surface area contributed by atoms with E-state index in [1.165, 1.54) is 5.22 Å². The van der Waals surface area contributed by atoms with Crippen LogP contribution in [-0.2, 0) is 0 Å². The van der Waals surface area contributed by atoms with Gasteiger partial charge in [-0.05, 0) is 17.7 Å². The number of nitrogens with zero attached hydrogens (tertiary/aromatic N) is 2. The molecule has 1 aliphatic rings. The molecule has 0 saturated carbocycles. The molecule has 0 unspecified atom stereocenters. The molecule has 1 aromatic heterocycles. The molecule has 13 heavy (non-hydrogen) atoms. The molecule has 2 rings (SSSR count). The summed E-state index contributed by atoms with van der Waals surface area (Å²) in [4.78, 5) is 8.20. The van der Waals surface area contributed by atoms with Gasteiger partial charge in [-0.1, -0.05) is 26.0 Å². The summed E-state index contributed by atoms with van der Waals surface area (Å²) < 4.78 is 0. The van der Waals surface area contributed by atoms with E-state index >= 15 is 0 Å². The Hall–Kier alpha value is -1.44. The molecule has 68 valence electrons. The van der Waals surface area contributed by atoms with Gasteiger partial charge < -0.3 is 0 Å². The molecule has 0 aromatic carbocycles. The van der Waals surface area contributed by atoms with Crippen LogP contribution in [0.1, 0.15) is 20.3 Å². The first kappa shape index (κ1) is 9.65. The summed E-state index contributed by atoms with van der Waals surface area (Å²) in [5.74, 6) is 0. The Morgan fingerprint density at radius 2 is 2.15 bits per heavy atom. The number of hydrogen-bond donors (Lipinski definition) is 0. The van der Waals surface area contributed by atoms with Gasteiger partial charge in [0.1, 0.15) is 0 Å². The third kappa shape index (κ3) is 2.51. The fourth-order valence-electron chi connectivity index (χ4n) is 1.07. The molecular weight excluding hydrogens is 160 g/mol. The van der Waals surface area contributed by atoms with Crippen molar-refractivity contribution in [1.82, 2.24) is 4.98 Å². The maximum atomic E-state index is 4.21. The summed E-state index contributed by atoms with van der Waals surface area (Å²) in [7, 11) is 0. The van der Waals surface area contributed by atoms with Crippen LogP contribution >= 0.6 is 0 Å². The van der Waals surface area contributed by atoms with E-state index in [1.54, 1.807) is 12.4 Å². The number of aromatic nitrogens is 1. The molecule has 0 radical (unpaired) electrons. The van der Waals surface area contributed by atoms with E-state index in [-0.39, 0.29) is 0 Å². The average molecular weight is 174 g/mol. The van der Waals surface area contributed by atoms with Gasteiger partial charge in [0.15, 0.2) is 0 Å². The minimum atomic E-state index is 0.959. The Bertz CT molecular complexity index is 391. The van der Waals surface area contributed by atoms with E-state index in [0.717, 1.165) is 11.8 Å². The van der Waals surface area contributed by atoms with Crippen LogP contribution in [0.3, 0.4) is 0 Å². The van der Waals surface area contributed by atoms with Gasteiger partial charge in [0.2, 0.25) is 0 Å². The van der Waals surface area contributed by atoms with Crippen molar-refractivity contribution in [3.63, 3.8) is 0 Å². The second kappa shape index (κ2) is 5.25. The second-order valence-electron chi connectivity index (χ2n) is 2.39. The van der Waals surface area contributed by atoms with Gasteiger partial charge in [-0.15, -0.1) is 0 Å². The molecule has 0 amide bonds. The zero-order valence-electron chi connectivity index (χ0n) is 8.07. The van der Waals surface area contributed by atoms with Crippen LogP contribution in [0.4, 0.5) is 0 Å². The highest BCUT2D eigenvalue weighted by Gasteiger charge is 1.86. The van der Waals surface area contributed by atoms with Gasteiger partial charge in [-0.2, -0.15) is 0 Å². The molecule has 1 aromatic rings. The van der Waals surface area contributed by atoms with Crippen molar-refractivity contribution in [2.45, 2.75) is 20.3 Å². The highest BCUT2D eigenvalue weighted by molar-refractivity contribution is 5.26. The van der Waals surface area contributed by atoms with E-state index < -0.39 is 0 Å². The van der Waals surface area contributed by atoms with Crippen LogP contribution in [0.25, 0.3) is 6.08 Å². The summed E-state index contributed by atoms with van der Waals surface area (Å²) in [6, 6.07) is 1.98. The molecule has 0 aliphatic carbocycles. The lowest BCUT2D eigenvalue weighted by Gasteiger charge is -1.83. The van der Waals surface area contributed by atoms with E-state index in [0.29, 0.717) is 0 Å². The van der Waals surface area contributed by atoms with Crippen LogP contribution < -0.4 is 10.6 Å². The lowest BCUT2D eigenvalue weighted by atomic mass is 10.3. The lowest BCUT2D eigenvalue weighted by Crippen LogP contribution is -2.23. The van der Waals surface area contributed by atoms with E-state index in [4.69, 9.17) is 0 Å². The Kier molecular flexibility index (Phi) is 3.89. The molecule has 1 aliphatic heterocycles. The molecule has 2 nitrogen and oxygen atoms in total. The topological polar surface area (TPSA) is 25.2 Å². The van der Waals surface area contributed by atoms with Crippen LogP contribution in [0.2, 0.25) is 0 Å². The van der Waals surface area contributed by atoms with Crippen molar-refractivity contribution < 1.29 is 0 Å². The first-order chi connectivity index (χ1) is 6.47. The maximum Gasteiger partial charge on any atom is 0.0881 e. The van der Waals surface area contributed by atoms with Crippen LogP contribution in [0.15, 0.2) is 35.7 Å². The summed E-state index contributed by atoms with van der Waals surface area (Å²) in [5, 5.41) is 2.13. The van der Waals surface area contributed by atoms with Crippen molar-refractivity contribution in [2.75, 3.05) is 0 Å². The predicted octanol–water partition coefficient (Wildman–Crippen LogP) is 1.43. The molecule has 0 fully saturated rings. The zero-order valence-corrected chi connectivity index (χ0v) is 8.07. The van der Waals surface area contributed by atoms with Crippen molar-refractivity contribution in [2.24, 2.45) is 4.99 Å². The van der Waals surface area contributed by atoms with E-state index in [1.807, 2.05) is 32.2 Å². The Balaban J connectivity index is 0.000000396. The third-order valence-electron chi connectivity index (χ3n) is 1.63. The fraction of sp³-hybridized carbons (Fsp3) is 0.273. The van der Waals surface area contributed by atoms with Gasteiger partial charge in [0, 0.05) is 12.4 Å². The largest absolute Gasteiger partial charge is 0.262 e. The quantitative estimate of drug-likeness (QED) is 0.584. The number of allylic oxidation sites excluding steroid dienone is 1. The summed E-state index contributed by atoms with van der Waals surface area (Å²) in [6.45, 7) is 4.00. The number of pyridine rings is 1. The maximum absolute atomic E-state index is 4.21. The van der Waals surface area contributed by atoms with Crippen LogP contribution in [-0.4, -0.2) is 4.98 Å². The molecule has 0 saturated heterocycles. The first-order valence-corrected chi connectivity index (χ1v) is 4.60. The SMILES string of the molecule is C1=CN=c2cnccc2=CC1.CC. The standard InChI is InChI=1S/C9H8N2.C2H6/c1-2-5-11-9-7-10-6-4-8(9)3-1;1-2/h2-7H,1H2;1-2H3. The van der Waals surface area contributed by atoms with Gasteiger partial charge in [-0.25, -0.2) is 0 Å². The summed E-state index contributed by atoms with van der Waals surface area (Å²) in [5.41, 5.74) is 0. The van der Waals surface area contributed by atoms with Gasteiger partial charge >= 0.3 is 0 Å². The van der Waals surface area contributed by atoms with E-state index in [2.05, 4.69) is 16.1 Å². The molecule has 2 heteroatoms. The van der Waals surface area contributed by atoms with Gasteiger partial charge in [0.25, 0.3) is 0 Å². The second-order valence-corrected chi connectivity index (χ2v) is 2.39.